The third kappa shape index (κ3) is 2.69. The van der Waals surface area contributed by atoms with E-state index in [1.54, 1.807) is 0 Å². The Kier molecular flexibility index (Phi) is 3.79. The van der Waals surface area contributed by atoms with Crippen molar-refractivity contribution in [1.82, 2.24) is 4.90 Å². The first kappa shape index (κ1) is 10.4. The van der Waals surface area contributed by atoms with Gasteiger partial charge in [0.1, 0.15) is 0 Å². The SMILES string of the molecule is Sc1ccccc1CN1CCSCC1. The molecule has 0 spiro atoms. The molecule has 1 aliphatic heterocycles. The summed E-state index contributed by atoms with van der Waals surface area (Å²) >= 11 is 6.52. The highest BCUT2D eigenvalue weighted by Gasteiger charge is 2.11. The zero-order chi connectivity index (χ0) is 9.80. The van der Waals surface area contributed by atoms with E-state index in [1.807, 2.05) is 6.07 Å². The van der Waals surface area contributed by atoms with Gasteiger partial charge in [0, 0.05) is 36.0 Å². The number of thioether (sulfide) groups is 1. The molecule has 2 rings (SSSR count). The molecule has 1 saturated heterocycles. The molecule has 14 heavy (non-hydrogen) atoms. The van der Waals surface area contributed by atoms with Crippen LogP contribution in [0.15, 0.2) is 29.2 Å². The van der Waals surface area contributed by atoms with E-state index in [4.69, 9.17) is 0 Å². The van der Waals surface area contributed by atoms with Crippen LogP contribution in [-0.4, -0.2) is 29.5 Å². The van der Waals surface area contributed by atoms with Gasteiger partial charge >= 0.3 is 0 Å². The van der Waals surface area contributed by atoms with E-state index in [2.05, 4.69) is 47.5 Å². The zero-order valence-corrected chi connectivity index (χ0v) is 9.86. The van der Waals surface area contributed by atoms with Crippen molar-refractivity contribution in [2.75, 3.05) is 24.6 Å². The predicted molar refractivity (Wildman–Crippen MR) is 66.3 cm³/mol. The lowest BCUT2D eigenvalue weighted by Crippen LogP contribution is -2.32. The minimum Gasteiger partial charge on any atom is -0.297 e. The third-order valence-corrected chi connectivity index (χ3v) is 3.87. The van der Waals surface area contributed by atoms with Crippen molar-refractivity contribution in [1.29, 1.82) is 0 Å². The van der Waals surface area contributed by atoms with E-state index in [9.17, 15) is 0 Å². The molecule has 76 valence electrons. The van der Waals surface area contributed by atoms with Crippen molar-refractivity contribution in [2.24, 2.45) is 0 Å². The van der Waals surface area contributed by atoms with E-state index in [0.717, 1.165) is 11.4 Å². The summed E-state index contributed by atoms with van der Waals surface area (Å²) < 4.78 is 0. The van der Waals surface area contributed by atoms with E-state index in [0.29, 0.717) is 0 Å². The molecule has 3 heteroatoms. The van der Waals surface area contributed by atoms with Crippen LogP contribution in [0.5, 0.6) is 0 Å². The lowest BCUT2D eigenvalue weighted by Gasteiger charge is -2.26. The summed E-state index contributed by atoms with van der Waals surface area (Å²) in [5.41, 5.74) is 1.35. The summed E-state index contributed by atoms with van der Waals surface area (Å²) in [6, 6.07) is 8.37. The predicted octanol–water partition coefficient (Wildman–Crippen LogP) is 2.52. The Balaban J connectivity index is 1.99. The molecule has 0 aromatic heterocycles. The van der Waals surface area contributed by atoms with Crippen LogP contribution in [0.25, 0.3) is 0 Å². The fourth-order valence-corrected chi connectivity index (χ4v) is 2.85. The van der Waals surface area contributed by atoms with Gasteiger partial charge in [-0.15, -0.1) is 12.6 Å². The summed E-state index contributed by atoms with van der Waals surface area (Å²) in [5.74, 6) is 2.55. The molecule has 0 saturated carbocycles. The average molecular weight is 225 g/mol. The second kappa shape index (κ2) is 5.10. The molecule has 1 nitrogen and oxygen atoms in total. The first-order chi connectivity index (χ1) is 6.86. The Morgan fingerprint density at radius 3 is 2.64 bits per heavy atom. The second-order valence-corrected chi connectivity index (χ2v) is 5.22. The molecule has 0 aliphatic carbocycles. The normalized spacial score (nSPS) is 18.4. The van der Waals surface area contributed by atoms with E-state index < -0.39 is 0 Å². The number of hydrogen-bond donors (Lipinski definition) is 1. The Morgan fingerprint density at radius 1 is 1.21 bits per heavy atom. The smallest absolute Gasteiger partial charge is 0.0245 e. The average Bonchev–Trinajstić information content (AvgIpc) is 2.23. The molecule has 0 N–H and O–H groups in total. The number of nitrogens with zero attached hydrogens (tertiary/aromatic N) is 1. The fourth-order valence-electron chi connectivity index (χ4n) is 1.64. The maximum absolute atomic E-state index is 4.47. The lowest BCUT2D eigenvalue weighted by atomic mass is 10.2. The van der Waals surface area contributed by atoms with Gasteiger partial charge in [0.15, 0.2) is 0 Å². The molecule has 1 fully saturated rings. The first-order valence-corrected chi connectivity index (χ1v) is 6.53. The molecule has 1 aromatic carbocycles. The van der Waals surface area contributed by atoms with E-state index in [1.165, 1.54) is 30.2 Å². The van der Waals surface area contributed by atoms with Gasteiger partial charge in [-0.05, 0) is 11.6 Å². The number of thiol groups is 1. The third-order valence-electron chi connectivity index (χ3n) is 2.49. The van der Waals surface area contributed by atoms with Gasteiger partial charge in [0.05, 0.1) is 0 Å². The fraction of sp³-hybridized carbons (Fsp3) is 0.455. The number of rotatable bonds is 2. The zero-order valence-electron chi connectivity index (χ0n) is 8.15. The van der Waals surface area contributed by atoms with Crippen molar-refractivity contribution >= 4 is 24.4 Å². The van der Waals surface area contributed by atoms with Crippen LogP contribution < -0.4 is 0 Å². The maximum Gasteiger partial charge on any atom is 0.0245 e. The van der Waals surface area contributed by atoms with Gasteiger partial charge in [-0.1, -0.05) is 18.2 Å². The monoisotopic (exact) mass is 225 g/mol. The van der Waals surface area contributed by atoms with E-state index >= 15 is 0 Å². The quantitative estimate of drug-likeness (QED) is 0.771. The summed E-state index contributed by atoms with van der Waals surface area (Å²) in [7, 11) is 0. The van der Waals surface area contributed by atoms with Gasteiger partial charge in [-0.2, -0.15) is 11.8 Å². The van der Waals surface area contributed by atoms with Crippen LogP contribution in [0.1, 0.15) is 5.56 Å². The van der Waals surface area contributed by atoms with Crippen LogP contribution in [0.4, 0.5) is 0 Å². The van der Waals surface area contributed by atoms with Gasteiger partial charge in [0.25, 0.3) is 0 Å². The minimum atomic E-state index is 1.06. The van der Waals surface area contributed by atoms with E-state index in [-0.39, 0.29) is 0 Å². The van der Waals surface area contributed by atoms with Crippen LogP contribution in [-0.2, 0) is 6.54 Å². The Bertz CT molecular complexity index is 295. The summed E-state index contributed by atoms with van der Waals surface area (Å²) in [6.45, 7) is 3.49. The largest absolute Gasteiger partial charge is 0.297 e. The summed E-state index contributed by atoms with van der Waals surface area (Å²) in [6.07, 6.45) is 0. The van der Waals surface area contributed by atoms with Gasteiger partial charge < -0.3 is 0 Å². The van der Waals surface area contributed by atoms with Crippen molar-refractivity contribution in [3.05, 3.63) is 29.8 Å². The van der Waals surface area contributed by atoms with Crippen molar-refractivity contribution < 1.29 is 0 Å². The van der Waals surface area contributed by atoms with Crippen LogP contribution in [0, 0.1) is 0 Å². The Hall–Kier alpha value is -0.120. The highest BCUT2D eigenvalue weighted by molar-refractivity contribution is 7.99. The standard InChI is InChI=1S/C11H15NS2/c13-11-4-2-1-3-10(11)9-12-5-7-14-8-6-12/h1-4,13H,5-9H2. The van der Waals surface area contributed by atoms with Gasteiger partial charge in [-0.3, -0.25) is 4.90 Å². The van der Waals surface area contributed by atoms with Crippen LogP contribution in [0.2, 0.25) is 0 Å². The molecule has 0 atom stereocenters. The summed E-state index contributed by atoms with van der Waals surface area (Å²) in [5, 5.41) is 0. The van der Waals surface area contributed by atoms with Crippen LogP contribution in [0.3, 0.4) is 0 Å². The Morgan fingerprint density at radius 2 is 1.93 bits per heavy atom. The van der Waals surface area contributed by atoms with Crippen molar-refractivity contribution in [3.63, 3.8) is 0 Å². The minimum absolute atomic E-state index is 1.06. The topological polar surface area (TPSA) is 3.24 Å². The first-order valence-electron chi connectivity index (χ1n) is 4.93. The molecule has 1 aromatic rings. The number of hydrogen-bond acceptors (Lipinski definition) is 3. The van der Waals surface area contributed by atoms with Crippen LogP contribution >= 0.6 is 24.4 Å². The molecule has 0 amide bonds. The van der Waals surface area contributed by atoms with Gasteiger partial charge in [-0.25, -0.2) is 0 Å². The maximum atomic E-state index is 4.47. The second-order valence-electron chi connectivity index (χ2n) is 3.52. The van der Waals surface area contributed by atoms with Gasteiger partial charge in [0.2, 0.25) is 0 Å². The highest BCUT2D eigenvalue weighted by Crippen LogP contribution is 2.17. The molecule has 0 radical (unpaired) electrons. The number of benzene rings is 1. The Labute approximate surface area is 95.3 Å². The lowest BCUT2D eigenvalue weighted by molar-refractivity contribution is 0.292. The molecular formula is C11H15NS2. The van der Waals surface area contributed by atoms with Crippen molar-refractivity contribution in [2.45, 2.75) is 11.4 Å². The molecular weight excluding hydrogens is 210 g/mol. The molecule has 0 unspecified atom stereocenters. The molecule has 0 bridgehead atoms. The molecule has 1 heterocycles. The van der Waals surface area contributed by atoms with Crippen molar-refractivity contribution in [3.8, 4) is 0 Å². The highest BCUT2D eigenvalue weighted by atomic mass is 32.2. The molecule has 1 aliphatic rings. The summed E-state index contributed by atoms with van der Waals surface area (Å²) in [4.78, 5) is 3.62.